The van der Waals surface area contributed by atoms with Crippen molar-refractivity contribution in [1.82, 2.24) is 0 Å². The molecule has 0 aliphatic carbocycles. The Balaban J connectivity index is 2.56. The molecule has 1 radical (unpaired) electrons. The van der Waals surface area contributed by atoms with Gasteiger partial charge in [-0.2, -0.15) is 12.6 Å². The Kier molecular flexibility index (Phi) is 6.04. The van der Waals surface area contributed by atoms with E-state index in [9.17, 15) is 4.79 Å². The van der Waals surface area contributed by atoms with E-state index in [0.717, 1.165) is 18.6 Å². The molecule has 0 rings (SSSR count). The number of thiol groups is 1. The van der Waals surface area contributed by atoms with Crippen LogP contribution in [0, 0.1) is 0 Å². The van der Waals surface area contributed by atoms with Crippen molar-refractivity contribution < 1.29 is 4.79 Å². The molecular weight excluding hydrogens is 108 g/mol. The first-order valence-electron chi connectivity index (χ1n) is 2.37. The van der Waals surface area contributed by atoms with Crippen molar-refractivity contribution in [3.8, 4) is 0 Å². The van der Waals surface area contributed by atoms with Crippen molar-refractivity contribution in [3.63, 3.8) is 0 Å². The van der Waals surface area contributed by atoms with Gasteiger partial charge in [0.15, 0.2) is 6.29 Å². The lowest BCUT2D eigenvalue weighted by Crippen LogP contribution is -1.76. The first-order chi connectivity index (χ1) is 3.41. The van der Waals surface area contributed by atoms with Crippen molar-refractivity contribution in [3.05, 3.63) is 0 Å². The standard InChI is InChI=1S/C5H9OS/c6-4-2-1-3-5-7/h7H,1-3,5H2. The van der Waals surface area contributed by atoms with Crippen molar-refractivity contribution >= 4 is 18.9 Å². The molecule has 0 saturated heterocycles. The third-order valence-electron chi connectivity index (χ3n) is 0.687. The van der Waals surface area contributed by atoms with Crippen molar-refractivity contribution in [1.29, 1.82) is 0 Å². The summed E-state index contributed by atoms with van der Waals surface area (Å²) in [5.74, 6) is 0.877. The molecule has 0 heterocycles. The average Bonchev–Trinajstić information content (AvgIpc) is 1.69. The van der Waals surface area contributed by atoms with Gasteiger partial charge in [-0.3, -0.25) is 4.79 Å². The number of hydrogen-bond donors (Lipinski definition) is 1. The maximum Gasteiger partial charge on any atom is 0.198 e. The zero-order valence-electron chi connectivity index (χ0n) is 4.18. The van der Waals surface area contributed by atoms with Gasteiger partial charge in [-0.05, 0) is 18.6 Å². The normalized spacial score (nSPS) is 8.71. The van der Waals surface area contributed by atoms with Crippen LogP contribution in [0.4, 0.5) is 0 Å². The van der Waals surface area contributed by atoms with Crippen LogP contribution in [-0.4, -0.2) is 12.0 Å². The van der Waals surface area contributed by atoms with Crippen molar-refractivity contribution in [2.24, 2.45) is 0 Å². The van der Waals surface area contributed by atoms with E-state index in [0.29, 0.717) is 6.42 Å². The molecule has 0 atom stereocenters. The Morgan fingerprint density at radius 3 is 2.57 bits per heavy atom. The predicted molar refractivity (Wildman–Crippen MR) is 33.4 cm³/mol. The topological polar surface area (TPSA) is 17.1 Å². The number of unbranched alkanes of at least 4 members (excludes halogenated alkanes) is 2. The summed E-state index contributed by atoms with van der Waals surface area (Å²) in [6.07, 6.45) is 4.35. The first kappa shape index (κ1) is 7.02. The Labute approximate surface area is 49.5 Å². The maximum absolute atomic E-state index is 9.53. The van der Waals surface area contributed by atoms with Gasteiger partial charge >= 0.3 is 0 Å². The van der Waals surface area contributed by atoms with Gasteiger partial charge in [0, 0.05) is 6.42 Å². The molecule has 0 unspecified atom stereocenters. The average molecular weight is 117 g/mol. The molecule has 0 aliphatic rings. The Hall–Kier alpha value is 0.0200. The van der Waals surface area contributed by atoms with Crippen LogP contribution >= 0.6 is 12.6 Å². The first-order valence-corrected chi connectivity index (χ1v) is 3.01. The minimum absolute atomic E-state index is 0.570. The molecule has 0 fully saturated rings. The van der Waals surface area contributed by atoms with E-state index in [2.05, 4.69) is 12.6 Å². The van der Waals surface area contributed by atoms with Crippen LogP contribution < -0.4 is 0 Å². The van der Waals surface area contributed by atoms with Gasteiger partial charge in [0.1, 0.15) is 0 Å². The fourth-order valence-corrected chi connectivity index (χ4v) is 0.533. The van der Waals surface area contributed by atoms with Gasteiger partial charge in [0.05, 0.1) is 0 Å². The Bertz CT molecular complexity index is 45.3. The summed E-state index contributed by atoms with van der Waals surface area (Å²) in [6.45, 7) is 0. The monoisotopic (exact) mass is 117 g/mol. The van der Waals surface area contributed by atoms with Crippen LogP contribution in [0.2, 0.25) is 0 Å². The predicted octanol–water partition coefficient (Wildman–Crippen LogP) is 1.20. The molecule has 1 nitrogen and oxygen atoms in total. The smallest absolute Gasteiger partial charge is 0.198 e. The number of hydrogen-bond acceptors (Lipinski definition) is 2. The van der Waals surface area contributed by atoms with Crippen LogP contribution in [-0.2, 0) is 4.79 Å². The SMILES string of the molecule is O=[C]CCCCS. The second-order valence-corrected chi connectivity index (χ2v) is 1.77. The van der Waals surface area contributed by atoms with Gasteiger partial charge in [-0.1, -0.05) is 0 Å². The lowest BCUT2D eigenvalue weighted by Gasteiger charge is -1.84. The van der Waals surface area contributed by atoms with E-state index in [4.69, 9.17) is 0 Å². The molecule has 0 aromatic heterocycles. The molecule has 7 heavy (non-hydrogen) atoms. The van der Waals surface area contributed by atoms with E-state index in [1.807, 2.05) is 6.29 Å². The van der Waals surface area contributed by atoms with Crippen LogP contribution in [0.25, 0.3) is 0 Å². The van der Waals surface area contributed by atoms with E-state index < -0.39 is 0 Å². The van der Waals surface area contributed by atoms with Gasteiger partial charge in [-0.15, -0.1) is 0 Å². The highest BCUT2D eigenvalue weighted by molar-refractivity contribution is 7.80. The molecule has 2 heteroatoms. The zero-order valence-corrected chi connectivity index (χ0v) is 5.08. The molecule has 0 aromatic carbocycles. The molecule has 0 bridgehead atoms. The molecule has 0 saturated carbocycles. The lowest BCUT2D eigenvalue weighted by molar-refractivity contribution is 0.548. The summed E-state index contributed by atoms with van der Waals surface area (Å²) in [4.78, 5) is 9.53. The van der Waals surface area contributed by atoms with Crippen LogP contribution in [0.5, 0.6) is 0 Å². The number of carbonyl (C=O) groups excluding carboxylic acids is 1. The summed E-state index contributed by atoms with van der Waals surface area (Å²) in [5.41, 5.74) is 0. The van der Waals surface area contributed by atoms with E-state index >= 15 is 0 Å². The summed E-state index contributed by atoms with van der Waals surface area (Å²) in [7, 11) is 0. The second kappa shape index (κ2) is 6.02. The zero-order chi connectivity index (χ0) is 5.54. The highest BCUT2D eigenvalue weighted by Crippen LogP contribution is 1.92. The third kappa shape index (κ3) is 6.02. The highest BCUT2D eigenvalue weighted by atomic mass is 32.1. The largest absolute Gasteiger partial charge is 0.291 e. The molecule has 0 N–H and O–H groups in total. The van der Waals surface area contributed by atoms with Gasteiger partial charge < -0.3 is 0 Å². The molecule has 0 amide bonds. The molecule has 0 aliphatic heterocycles. The van der Waals surface area contributed by atoms with Crippen molar-refractivity contribution in [2.45, 2.75) is 19.3 Å². The summed E-state index contributed by atoms with van der Waals surface area (Å²) in [6, 6.07) is 0. The Morgan fingerprint density at radius 1 is 1.43 bits per heavy atom. The lowest BCUT2D eigenvalue weighted by atomic mass is 10.3. The van der Waals surface area contributed by atoms with Gasteiger partial charge in [-0.25, -0.2) is 0 Å². The van der Waals surface area contributed by atoms with Gasteiger partial charge in [0.2, 0.25) is 0 Å². The minimum atomic E-state index is 0.570. The summed E-state index contributed by atoms with van der Waals surface area (Å²) in [5, 5.41) is 0. The molecule has 0 spiro atoms. The highest BCUT2D eigenvalue weighted by Gasteiger charge is 1.81. The molecule has 41 valence electrons. The third-order valence-corrected chi connectivity index (χ3v) is 1.00. The van der Waals surface area contributed by atoms with E-state index in [1.165, 1.54) is 0 Å². The van der Waals surface area contributed by atoms with Crippen LogP contribution in [0.15, 0.2) is 0 Å². The van der Waals surface area contributed by atoms with Crippen LogP contribution in [0.3, 0.4) is 0 Å². The number of rotatable bonds is 4. The fraction of sp³-hybridized carbons (Fsp3) is 0.800. The minimum Gasteiger partial charge on any atom is -0.291 e. The quantitative estimate of drug-likeness (QED) is 0.432. The molecular formula is C5H9OS. The summed E-state index contributed by atoms with van der Waals surface area (Å²) < 4.78 is 0. The molecule has 0 aromatic rings. The second-order valence-electron chi connectivity index (χ2n) is 1.33. The van der Waals surface area contributed by atoms with Crippen molar-refractivity contribution in [2.75, 3.05) is 5.75 Å². The van der Waals surface area contributed by atoms with E-state index in [-0.39, 0.29) is 0 Å². The van der Waals surface area contributed by atoms with E-state index in [1.54, 1.807) is 0 Å². The fourth-order valence-electron chi connectivity index (χ4n) is 0.309. The Morgan fingerprint density at radius 2 is 2.14 bits per heavy atom. The maximum atomic E-state index is 9.53. The summed E-state index contributed by atoms with van der Waals surface area (Å²) >= 11 is 3.96. The van der Waals surface area contributed by atoms with Gasteiger partial charge in [0.25, 0.3) is 0 Å². The van der Waals surface area contributed by atoms with Crippen LogP contribution in [0.1, 0.15) is 19.3 Å².